The highest BCUT2D eigenvalue weighted by molar-refractivity contribution is 6.31. The zero-order chi connectivity index (χ0) is 16.7. The molecule has 0 unspecified atom stereocenters. The number of azide groups is 1. The average Bonchev–Trinajstić information content (AvgIpc) is 2.57. The van der Waals surface area contributed by atoms with Crippen LogP contribution in [0.5, 0.6) is 0 Å². The predicted molar refractivity (Wildman–Crippen MR) is 87.6 cm³/mol. The van der Waals surface area contributed by atoms with Crippen LogP contribution in [-0.4, -0.2) is 6.54 Å². The molecule has 2 aromatic carbocycles. The summed E-state index contributed by atoms with van der Waals surface area (Å²) in [6.07, 6.45) is 0.522. The first kappa shape index (κ1) is 16.6. The van der Waals surface area contributed by atoms with Crippen molar-refractivity contribution < 1.29 is 4.39 Å². The van der Waals surface area contributed by atoms with Crippen LogP contribution in [0.4, 0.5) is 10.1 Å². The third-order valence-electron chi connectivity index (χ3n) is 3.29. The van der Waals surface area contributed by atoms with Crippen molar-refractivity contribution in [3.63, 3.8) is 0 Å². The average molecular weight is 330 g/mol. The third kappa shape index (κ3) is 4.36. The molecule has 1 N–H and O–H groups in total. The van der Waals surface area contributed by atoms with Gasteiger partial charge in [-0.1, -0.05) is 47.0 Å². The third-order valence-corrected chi connectivity index (χ3v) is 3.58. The molecule has 0 aliphatic carbocycles. The predicted octanol–water partition coefficient (Wildman–Crippen LogP) is 5.20. The lowest BCUT2D eigenvalue weighted by Gasteiger charge is -2.21. The van der Waals surface area contributed by atoms with Crippen LogP contribution in [0.1, 0.15) is 23.6 Å². The Bertz CT molecular complexity index is 766. The van der Waals surface area contributed by atoms with Crippen molar-refractivity contribution in [2.45, 2.75) is 12.5 Å². The zero-order valence-corrected chi connectivity index (χ0v) is 12.8. The van der Waals surface area contributed by atoms with Crippen molar-refractivity contribution in [2.75, 3.05) is 11.9 Å². The molecular weight excluding hydrogens is 317 g/mol. The molecule has 2 rings (SSSR count). The summed E-state index contributed by atoms with van der Waals surface area (Å²) in [6, 6.07) is 13.7. The minimum Gasteiger partial charge on any atom is -0.377 e. The number of hydrogen-bond donors (Lipinski definition) is 1. The molecule has 0 aliphatic rings. The Morgan fingerprint density at radius 2 is 2.09 bits per heavy atom. The molecule has 0 radical (unpaired) electrons. The van der Waals surface area contributed by atoms with E-state index >= 15 is 0 Å². The highest BCUT2D eigenvalue weighted by atomic mass is 35.5. The van der Waals surface area contributed by atoms with Gasteiger partial charge in [0.25, 0.3) is 0 Å². The van der Waals surface area contributed by atoms with Crippen LogP contribution in [-0.2, 0) is 0 Å². The summed E-state index contributed by atoms with van der Waals surface area (Å²) in [5.74, 6) is -0.640. The quantitative estimate of drug-likeness (QED) is 0.448. The summed E-state index contributed by atoms with van der Waals surface area (Å²) < 4.78 is 13.5. The first-order chi connectivity index (χ1) is 11.2. The highest BCUT2D eigenvalue weighted by Gasteiger charge is 2.15. The van der Waals surface area contributed by atoms with Gasteiger partial charge in [-0.2, -0.15) is 5.26 Å². The van der Waals surface area contributed by atoms with Crippen LogP contribution in [0.25, 0.3) is 10.4 Å². The van der Waals surface area contributed by atoms with Gasteiger partial charge in [-0.05, 0) is 29.6 Å². The number of benzene rings is 2. The molecule has 5 nitrogen and oxygen atoms in total. The van der Waals surface area contributed by atoms with Gasteiger partial charge in [-0.25, -0.2) is 4.39 Å². The Labute approximate surface area is 137 Å². The fourth-order valence-electron chi connectivity index (χ4n) is 2.19. The van der Waals surface area contributed by atoms with E-state index in [1.807, 2.05) is 36.4 Å². The van der Waals surface area contributed by atoms with E-state index in [-0.39, 0.29) is 16.6 Å². The summed E-state index contributed by atoms with van der Waals surface area (Å²) in [7, 11) is 0. The van der Waals surface area contributed by atoms with Gasteiger partial charge in [0.15, 0.2) is 0 Å². The van der Waals surface area contributed by atoms with E-state index in [0.717, 1.165) is 11.6 Å². The Balaban J connectivity index is 2.32. The van der Waals surface area contributed by atoms with Crippen molar-refractivity contribution in [2.24, 2.45) is 5.11 Å². The fraction of sp³-hybridized carbons (Fsp3) is 0.188. The van der Waals surface area contributed by atoms with Crippen LogP contribution in [0, 0.1) is 17.1 Å². The molecule has 23 heavy (non-hydrogen) atoms. The van der Waals surface area contributed by atoms with Gasteiger partial charge in [0.1, 0.15) is 11.9 Å². The van der Waals surface area contributed by atoms with E-state index < -0.39 is 5.82 Å². The van der Waals surface area contributed by atoms with Crippen LogP contribution in [0.2, 0.25) is 5.02 Å². The van der Waals surface area contributed by atoms with Crippen molar-refractivity contribution >= 4 is 17.3 Å². The summed E-state index contributed by atoms with van der Waals surface area (Å²) >= 11 is 5.81. The van der Waals surface area contributed by atoms with E-state index in [4.69, 9.17) is 22.4 Å². The lowest BCUT2D eigenvalue weighted by atomic mass is 10.0. The Kier molecular flexibility index (Phi) is 5.81. The van der Waals surface area contributed by atoms with Gasteiger partial charge < -0.3 is 5.32 Å². The largest absolute Gasteiger partial charge is 0.377 e. The van der Waals surface area contributed by atoms with Crippen LogP contribution < -0.4 is 5.32 Å². The first-order valence-electron chi connectivity index (χ1n) is 6.87. The summed E-state index contributed by atoms with van der Waals surface area (Å²) in [6.45, 7) is 0.292. The van der Waals surface area contributed by atoms with Gasteiger partial charge in [-0.3, -0.25) is 0 Å². The number of nitrogens with one attached hydrogen (secondary N) is 1. The van der Waals surface area contributed by atoms with E-state index in [2.05, 4.69) is 15.3 Å². The molecular formula is C16H13ClFN5. The fourth-order valence-corrected chi connectivity index (χ4v) is 2.35. The van der Waals surface area contributed by atoms with Gasteiger partial charge in [0.2, 0.25) is 0 Å². The Morgan fingerprint density at radius 3 is 2.74 bits per heavy atom. The van der Waals surface area contributed by atoms with Gasteiger partial charge in [-0.15, -0.1) is 0 Å². The molecule has 0 aromatic heterocycles. The van der Waals surface area contributed by atoms with Crippen molar-refractivity contribution in [1.29, 1.82) is 5.26 Å². The molecule has 0 amide bonds. The highest BCUT2D eigenvalue weighted by Crippen LogP contribution is 2.29. The summed E-state index contributed by atoms with van der Waals surface area (Å²) in [4.78, 5) is 2.74. The maximum atomic E-state index is 13.5. The minimum absolute atomic E-state index is 0.0617. The second-order valence-corrected chi connectivity index (χ2v) is 5.18. The van der Waals surface area contributed by atoms with Gasteiger partial charge >= 0.3 is 0 Å². The zero-order valence-electron chi connectivity index (χ0n) is 12.1. The first-order valence-corrected chi connectivity index (χ1v) is 7.25. The molecule has 116 valence electrons. The smallest absolute Gasteiger partial charge is 0.143 e. The van der Waals surface area contributed by atoms with Crippen LogP contribution >= 0.6 is 11.6 Å². The normalized spacial score (nSPS) is 11.2. The maximum Gasteiger partial charge on any atom is 0.143 e. The molecule has 0 saturated carbocycles. The van der Waals surface area contributed by atoms with E-state index in [1.165, 1.54) is 6.07 Å². The number of anilines is 1. The topological polar surface area (TPSA) is 84.6 Å². The van der Waals surface area contributed by atoms with Crippen molar-refractivity contribution in [3.8, 4) is 6.07 Å². The second kappa shape index (κ2) is 8.04. The lowest BCUT2D eigenvalue weighted by molar-refractivity contribution is 0.627. The number of rotatable bonds is 6. The Morgan fingerprint density at radius 1 is 1.35 bits per heavy atom. The summed E-state index contributed by atoms with van der Waals surface area (Å²) in [5, 5.41) is 15.8. The van der Waals surface area contributed by atoms with E-state index in [9.17, 15) is 4.39 Å². The van der Waals surface area contributed by atoms with Gasteiger partial charge in [0, 0.05) is 11.5 Å². The lowest BCUT2D eigenvalue weighted by Crippen LogP contribution is -2.13. The standard InChI is InChI=1S/C16H13ClFN5/c17-13-9-16(12(10-19)8-14(13)18)22-15(6-7-21-23-20)11-4-2-1-3-5-11/h1-5,8-9,15,22H,6-7H2/t15-/m1/s1. The second-order valence-electron chi connectivity index (χ2n) is 4.77. The molecule has 0 aliphatic heterocycles. The molecule has 0 spiro atoms. The molecule has 0 heterocycles. The number of nitrogens with zero attached hydrogens (tertiary/aromatic N) is 4. The van der Waals surface area contributed by atoms with Crippen molar-refractivity contribution in [1.82, 2.24) is 0 Å². The number of halogens is 2. The SMILES string of the molecule is N#Cc1cc(F)c(Cl)cc1N[C@H](CCN=[N+]=[N-])c1ccccc1. The molecule has 0 bridgehead atoms. The number of hydrogen-bond acceptors (Lipinski definition) is 3. The Hall–Kier alpha value is -2.74. The monoisotopic (exact) mass is 329 g/mol. The van der Waals surface area contributed by atoms with Crippen LogP contribution in [0.15, 0.2) is 47.6 Å². The molecule has 0 saturated heterocycles. The molecule has 7 heteroatoms. The number of nitriles is 1. The van der Waals surface area contributed by atoms with Crippen molar-refractivity contribution in [3.05, 3.63) is 74.9 Å². The van der Waals surface area contributed by atoms with E-state index in [0.29, 0.717) is 18.7 Å². The molecule has 1 atom stereocenters. The van der Waals surface area contributed by atoms with Gasteiger partial charge in [0.05, 0.1) is 22.3 Å². The molecule has 2 aromatic rings. The molecule has 0 fully saturated rings. The maximum absolute atomic E-state index is 13.5. The van der Waals surface area contributed by atoms with E-state index in [1.54, 1.807) is 0 Å². The summed E-state index contributed by atoms with van der Waals surface area (Å²) in [5.41, 5.74) is 9.99. The van der Waals surface area contributed by atoms with Crippen LogP contribution in [0.3, 0.4) is 0 Å². The minimum atomic E-state index is -0.640.